The minimum absolute atomic E-state index is 0.0718. The Morgan fingerprint density at radius 2 is 0.794 bits per heavy atom. The molecule has 10 heteroatoms. The summed E-state index contributed by atoms with van der Waals surface area (Å²) in [4.78, 5) is 41.7. The second kappa shape index (κ2) is 18.6. The van der Waals surface area contributed by atoms with Crippen LogP contribution >= 0.6 is 0 Å². The third-order valence-corrected chi connectivity index (χ3v) is 6.33. The van der Waals surface area contributed by atoms with E-state index < -0.39 is 17.9 Å². The van der Waals surface area contributed by atoms with Crippen molar-refractivity contribution in [2.24, 2.45) is 0 Å². The standard InChI is InChI=1S/C24H46N4O6/c1-2-3-4-5-6-7-8-9-10-25-11-13-26(19-22(29)30)15-17-28(21-24(33)34)18-16-27(14-12-25)20-23(31)32/h2-21H2,1H3,(H,29,30)(H,31,32)(H,33,34). The fourth-order valence-corrected chi connectivity index (χ4v) is 4.32. The first-order chi connectivity index (χ1) is 16.3. The molecule has 1 heterocycles. The highest BCUT2D eigenvalue weighted by atomic mass is 16.4. The zero-order valence-corrected chi connectivity index (χ0v) is 21.0. The van der Waals surface area contributed by atoms with Crippen LogP contribution in [0.25, 0.3) is 0 Å². The Morgan fingerprint density at radius 1 is 0.500 bits per heavy atom. The molecule has 1 fully saturated rings. The SMILES string of the molecule is CCCCCCCCCCN1CCN(CC(=O)O)CCN(CC(=O)O)CCN(CC(=O)O)CC1. The van der Waals surface area contributed by atoms with Gasteiger partial charge in [-0.15, -0.1) is 0 Å². The molecule has 1 rings (SSSR count). The summed E-state index contributed by atoms with van der Waals surface area (Å²) in [6.45, 7) is 7.23. The lowest BCUT2D eigenvalue weighted by atomic mass is 10.1. The van der Waals surface area contributed by atoms with Crippen LogP contribution in [0.15, 0.2) is 0 Å². The number of carbonyl (C=O) groups is 3. The van der Waals surface area contributed by atoms with Crippen molar-refractivity contribution in [3.8, 4) is 0 Å². The van der Waals surface area contributed by atoms with Crippen LogP contribution in [0.5, 0.6) is 0 Å². The lowest BCUT2D eigenvalue weighted by Crippen LogP contribution is -2.48. The Balaban J connectivity index is 2.69. The smallest absolute Gasteiger partial charge is 0.317 e. The molecule has 198 valence electrons. The predicted octanol–water partition coefficient (Wildman–Crippen LogP) is 1.60. The van der Waals surface area contributed by atoms with Crippen molar-refractivity contribution >= 4 is 17.9 Å². The zero-order chi connectivity index (χ0) is 25.2. The number of aliphatic carboxylic acids is 3. The van der Waals surface area contributed by atoms with Gasteiger partial charge in [-0.1, -0.05) is 51.9 Å². The highest BCUT2D eigenvalue weighted by Crippen LogP contribution is 2.09. The largest absolute Gasteiger partial charge is 0.480 e. The van der Waals surface area contributed by atoms with Crippen molar-refractivity contribution in [1.82, 2.24) is 19.6 Å². The van der Waals surface area contributed by atoms with Crippen molar-refractivity contribution < 1.29 is 29.7 Å². The van der Waals surface area contributed by atoms with Gasteiger partial charge in [0.2, 0.25) is 0 Å². The molecule has 10 nitrogen and oxygen atoms in total. The number of hydrogen-bond acceptors (Lipinski definition) is 7. The number of hydrogen-bond donors (Lipinski definition) is 3. The molecule has 0 spiro atoms. The maximum atomic E-state index is 11.3. The van der Waals surface area contributed by atoms with Crippen LogP contribution in [0.2, 0.25) is 0 Å². The van der Waals surface area contributed by atoms with E-state index in [1.165, 1.54) is 44.9 Å². The summed E-state index contributed by atoms with van der Waals surface area (Å²) in [5, 5.41) is 27.8. The van der Waals surface area contributed by atoms with E-state index in [4.69, 9.17) is 0 Å². The van der Waals surface area contributed by atoms with E-state index in [-0.39, 0.29) is 19.6 Å². The minimum Gasteiger partial charge on any atom is -0.480 e. The fourth-order valence-electron chi connectivity index (χ4n) is 4.32. The van der Waals surface area contributed by atoms with Crippen molar-refractivity contribution in [3.05, 3.63) is 0 Å². The number of unbranched alkanes of at least 4 members (excludes halogenated alkanes) is 7. The number of carboxylic acids is 3. The van der Waals surface area contributed by atoms with E-state index in [1.54, 1.807) is 4.90 Å². The van der Waals surface area contributed by atoms with E-state index in [0.717, 1.165) is 13.0 Å². The molecule has 0 aromatic rings. The lowest BCUT2D eigenvalue weighted by molar-refractivity contribution is -0.140. The Hall–Kier alpha value is -1.75. The van der Waals surface area contributed by atoms with Crippen LogP contribution in [0.3, 0.4) is 0 Å². The van der Waals surface area contributed by atoms with E-state index in [9.17, 15) is 29.7 Å². The quantitative estimate of drug-likeness (QED) is 0.294. The summed E-state index contributed by atoms with van der Waals surface area (Å²) in [6, 6.07) is 0. The molecule has 0 saturated carbocycles. The molecule has 0 unspecified atom stereocenters. The highest BCUT2D eigenvalue weighted by Gasteiger charge is 2.19. The maximum Gasteiger partial charge on any atom is 0.317 e. The molecule has 3 N–H and O–H groups in total. The molecular weight excluding hydrogens is 440 g/mol. The molecule has 0 radical (unpaired) electrons. The number of carboxylic acid groups (broad SMARTS) is 3. The second-order valence-electron chi connectivity index (χ2n) is 9.33. The average molecular weight is 487 g/mol. The molecule has 0 aromatic heterocycles. The first kappa shape index (κ1) is 30.3. The van der Waals surface area contributed by atoms with Crippen LogP contribution in [0.1, 0.15) is 58.3 Å². The minimum atomic E-state index is -0.946. The zero-order valence-electron chi connectivity index (χ0n) is 21.0. The normalized spacial score (nSPS) is 18.3. The Bertz CT molecular complexity index is 560. The van der Waals surface area contributed by atoms with Gasteiger partial charge < -0.3 is 20.2 Å². The van der Waals surface area contributed by atoms with E-state index >= 15 is 0 Å². The van der Waals surface area contributed by atoms with Gasteiger partial charge in [0, 0.05) is 52.4 Å². The molecule has 0 aliphatic carbocycles. The molecular formula is C24H46N4O6. The van der Waals surface area contributed by atoms with Gasteiger partial charge in [-0.05, 0) is 13.0 Å². The summed E-state index contributed by atoms with van der Waals surface area (Å²) in [5.74, 6) is -2.73. The Labute approximate surface area is 204 Å². The third kappa shape index (κ3) is 16.0. The fraction of sp³-hybridized carbons (Fsp3) is 0.875. The van der Waals surface area contributed by atoms with Crippen LogP contribution in [-0.2, 0) is 14.4 Å². The molecule has 1 aliphatic rings. The Kier molecular flexibility index (Phi) is 16.5. The monoisotopic (exact) mass is 486 g/mol. The number of nitrogens with zero attached hydrogens (tertiary/aromatic N) is 4. The highest BCUT2D eigenvalue weighted by molar-refractivity contribution is 5.69. The van der Waals surface area contributed by atoms with Gasteiger partial charge in [0.05, 0.1) is 19.6 Å². The first-order valence-electron chi connectivity index (χ1n) is 12.8. The van der Waals surface area contributed by atoms with Crippen LogP contribution in [0, 0.1) is 0 Å². The molecule has 1 aliphatic heterocycles. The van der Waals surface area contributed by atoms with Gasteiger partial charge in [0.15, 0.2) is 0 Å². The summed E-state index contributed by atoms with van der Waals surface area (Å²) >= 11 is 0. The second-order valence-corrected chi connectivity index (χ2v) is 9.33. The molecule has 0 bridgehead atoms. The Morgan fingerprint density at radius 3 is 1.12 bits per heavy atom. The summed E-state index contributed by atoms with van der Waals surface area (Å²) in [5.41, 5.74) is 0. The van der Waals surface area contributed by atoms with Gasteiger partial charge in [-0.25, -0.2) is 0 Å². The number of rotatable bonds is 15. The van der Waals surface area contributed by atoms with Crippen molar-refractivity contribution in [2.75, 3.05) is 78.5 Å². The first-order valence-corrected chi connectivity index (χ1v) is 12.8. The van der Waals surface area contributed by atoms with Crippen LogP contribution < -0.4 is 0 Å². The molecule has 0 aromatic carbocycles. The van der Waals surface area contributed by atoms with Gasteiger partial charge in [0.25, 0.3) is 0 Å². The molecule has 34 heavy (non-hydrogen) atoms. The summed E-state index contributed by atoms with van der Waals surface area (Å²) in [7, 11) is 0. The molecule has 1 saturated heterocycles. The summed E-state index contributed by atoms with van der Waals surface area (Å²) in [6.07, 6.45) is 9.92. The van der Waals surface area contributed by atoms with Gasteiger partial charge in [-0.2, -0.15) is 0 Å². The van der Waals surface area contributed by atoms with Gasteiger partial charge >= 0.3 is 17.9 Å². The molecule has 0 atom stereocenters. The predicted molar refractivity (Wildman–Crippen MR) is 131 cm³/mol. The van der Waals surface area contributed by atoms with Crippen LogP contribution in [0.4, 0.5) is 0 Å². The van der Waals surface area contributed by atoms with E-state index in [2.05, 4.69) is 11.8 Å². The maximum absolute atomic E-state index is 11.3. The van der Waals surface area contributed by atoms with E-state index in [1.807, 2.05) is 9.80 Å². The van der Waals surface area contributed by atoms with Crippen molar-refractivity contribution in [3.63, 3.8) is 0 Å². The summed E-state index contributed by atoms with van der Waals surface area (Å²) < 4.78 is 0. The van der Waals surface area contributed by atoms with Gasteiger partial charge in [0.1, 0.15) is 0 Å². The lowest BCUT2D eigenvalue weighted by Gasteiger charge is -2.33. The average Bonchev–Trinajstić information content (AvgIpc) is 2.75. The van der Waals surface area contributed by atoms with Crippen molar-refractivity contribution in [2.45, 2.75) is 58.3 Å². The molecule has 0 amide bonds. The topological polar surface area (TPSA) is 125 Å². The van der Waals surface area contributed by atoms with E-state index in [0.29, 0.717) is 52.4 Å². The third-order valence-electron chi connectivity index (χ3n) is 6.33. The van der Waals surface area contributed by atoms with Crippen molar-refractivity contribution in [1.29, 1.82) is 0 Å². The van der Waals surface area contributed by atoms with Crippen LogP contribution in [-0.4, -0.2) is 131 Å². The van der Waals surface area contributed by atoms with Gasteiger partial charge in [-0.3, -0.25) is 29.1 Å².